The lowest BCUT2D eigenvalue weighted by molar-refractivity contribution is -0.132. The SMILES string of the molecule is Cc1nc(CN(C)C(=O)[C@H]2CCCN2)cs1. The zero-order valence-corrected chi connectivity index (χ0v) is 10.5. The first-order valence-corrected chi connectivity index (χ1v) is 6.44. The van der Waals surface area contributed by atoms with Crippen molar-refractivity contribution in [1.82, 2.24) is 15.2 Å². The summed E-state index contributed by atoms with van der Waals surface area (Å²) >= 11 is 1.63. The molecule has 16 heavy (non-hydrogen) atoms. The summed E-state index contributed by atoms with van der Waals surface area (Å²) in [4.78, 5) is 18.1. The van der Waals surface area contributed by atoms with Crippen LogP contribution in [0.15, 0.2) is 5.38 Å². The standard InChI is InChI=1S/C11H17N3OS/c1-8-13-9(7-16-8)6-14(2)11(15)10-4-3-5-12-10/h7,10,12H,3-6H2,1-2H3/t10-/m1/s1. The number of thiazole rings is 1. The highest BCUT2D eigenvalue weighted by Crippen LogP contribution is 2.12. The molecule has 1 N–H and O–H groups in total. The van der Waals surface area contributed by atoms with Gasteiger partial charge in [0.05, 0.1) is 23.3 Å². The van der Waals surface area contributed by atoms with E-state index < -0.39 is 0 Å². The number of nitrogens with zero attached hydrogens (tertiary/aromatic N) is 2. The van der Waals surface area contributed by atoms with Crippen molar-refractivity contribution in [3.63, 3.8) is 0 Å². The van der Waals surface area contributed by atoms with Gasteiger partial charge in [0.25, 0.3) is 0 Å². The molecular formula is C11H17N3OS. The zero-order chi connectivity index (χ0) is 11.5. The van der Waals surface area contributed by atoms with Gasteiger partial charge in [0, 0.05) is 12.4 Å². The van der Waals surface area contributed by atoms with Gasteiger partial charge in [-0.1, -0.05) is 0 Å². The molecule has 1 aromatic heterocycles. The van der Waals surface area contributed by atoms with Crippen LogP contribution in [0.5, 0.6) is 0 Å². The monoisotopic (exact) mass is 239 g/mol. The van der Waals surface area contributed by atoms with Crippen LogP contribution in [0.4, 0.5) is 0 Å². The predicted molar refractivity (Wildman–Crippen MR) is 64.3 cm³/mol. The van der Waals surface area contributed by atoms with Crippen molar-refractivity contribution in [1.29, 1.82) is 0 Å². The van der Waals surface area contributed by atoms with Crippen molar-refractivity contribution < 1.29 is 4.79 Å². The molecule has 1 aromatic rings. The van der Waals surface area contributed by atoms with Gasteiger partial charge in [-0.05, 0) is 26.3 Å². The summed E-state index contributed by atoms with van der Waals surface area (Å²) in [7, 11) is 1.84. The van der Waals surface area contributed by atoms with Crippen LogP contribution in [0.1, 0.15) is 23.5 Å². The molecule has 0 aromatic carbocycles. The van der Waals surface area contributed by atoms with Crippen molar-refractivity contribution in [2.45, 2.75) is 32.4 Å². The highest BCUT2D eigenvalue weighted by atomic mass is 32.1. The molecule has 1 aliphatic heterocycles. The number of aryl methyl sites for hydroxylation is 1. The fourth-order valence-electron chi connectivity index (χ4n) is 1.96. The van der Waals surface area contributed by atoms with E-state index in [1.54, 1.807) is 16.2 Å². The number of aromatic nitrogens is 1. The Morgan fingerprint density at radius 3 is 3.12 bits per heavy atom. The van der Waals surface area contributed by atoms with Crippen LogP contribution in [-0.4, -0.2) is 35.4 Å². The number of likely N-dealkylation sites (N-methyl/N-ethyl adjacent to an activating group) is 1. The van der Waals surface area contributed by atoms with Gasteiger partial charge >= 0.3 is 0 Å². The normalized spacial score (nSPS) is 20.0. The molecule has 1 aliphatic rings. The Hall–Kier alpha value is -0.940. The van der Waals surface area contributed by atoms with Crippen molar-refractivity contribution in [2.75, 3.05) is 13.6 Å². The van der Waals surface area contributed by atoms with Gasteiger partial charge in [-0.15, -0.1) is 11.3 Å². The molecule has 5 heteroatoms. The minimum Gasteiger partial charge on any atom is -0.338 e. The summed E-state index contributed by atoms with van der Waals surface area (Å²) in [5.41, 5.74) is 0.983. The van der Waals surface area contributed by atoms with Gasteiger partial charge in [0.1, 0.15) is 0 Å². The lowest BCUT2D eigenvalue weighted by Crippen LogP contribution is -2.41. The number of rotatable bonds is 3. The fourth-order valence-corrected chi connectivity index (χ4v) is 2.57. The smallest absolute Gasteiger partial charge is 0.239 e. The molecule has 0 spiro atoms. The average molecular weight is 239 g/mol. The maximum Gasteiger partial charge on any atom is 0.239 e. The molecule has 4 nitrogen and oxygen atoms in total. The maximum atomic E-state index is 12.0. The lowest BCUT2D eigenvalue weighted by atomic mass is 10.2. The van der Waals surface area contributed by atoms with E-state index in [4.69, 9.17) is 0 Å². The number of hydrogen-bond donors (Lipinski definition) is 1. The topological polar surface area (TPSA) is 45.2 Å². The molecular weight excluding hydrogens is 222 g/mol. The van der Waals surface area contributed by atoms with Gasteiger partial charge in [0.2, 0.25) is 5.91 Å². The van der Waals surface area contributed by atoms with E-state index in [1.165, 1.54) is 0 Å². The van der Waals surface area contributed by atoms with E-state index in [0.29, 0.717) is 6.54 Å². The molecule has 2 heterocycles. The Labute approximate surface area is 99.7 Å². The minimum absolute atomic E-state index is 0.0183. The molecule has 0 bridgehead atoms. The van der Waals surface area contributed by atoms with Gasteiger partial charge in [-0.2, -0.15) is 0 Å². The van der Waals surface area contributed by atoms with Gasteiger partial charge < -0.3 is 10.2 Å². The maximum absolute atomic E-state index is 12.0. The fraction of sp³-hybridized carbons (Fsp3) is 0.636. The highest BCUT2D eigenvalue weighted by molar-refractivity contribution is 7.09. The van der Waals surface area contributed by atoms with E-state index in [1.807, 2.05) is 19.4 Å². The van der Waals surface area contributed by atoms with Crippen LogP contribution in [-0.2, 0) is 11.3 Å². The van der Waals surface area contributed by atoms with Gasteiger partial charge in [0.15, 0.2) is 0 Å². The Balaban J connectivity index is 1.91. The molecule has 0 aliphatic carbocycles. The van der Waals surface area contributed by atoms with E-state index in [-0.39, 0.29) is 11.9 Å². The number of nitrogens with one attached hydrogen (secondary N) is 1. The molecule has 0 radical (unpaired) electrons. The van der Waals surface area contributed by atoms with Crippen LogP contribution in [0, 0.1) is 6.92 Å². The molecule has 88 valence electrons. The third-order valence-electron chi connectivity index (χ3n) is 2.80. The molecule has 1 saturated heterocycles. The third kappa shape index (κ3) is 2.59. The van der Waals surface area contributed by atoms with Crippen molar-refractivity contribution >= 4 is 17.2 Å². The van der Waals surface area contributed by atoms with Crippen LogP contribution >= 0.6 is 11.3 Å². The van der Waals surface area contributed by atoms with E-state index in [9.17, 15) is 4.79 Å². The minimum atomic E-state index is 0.0183. The first-order valence-electron chi connectivity index (χ1n) is 5.56. The second-order valence-corrected chi connectivity index (χ2v) is 5.26. The van der Waals surface area contributed by atoms with Crippen LogP contribution < -0.4 is 5.32 Å². The highest BCUT2D eigenvalue weighted by Gasteiger charge is 2.25. The summed E-state index contributed by atoms with van der Waals surface area (Å²) in [5, 5.41) is 6.29. The summed E-state index contributed by atoms with van der Waals surface area (Å²) in [5.74, 6) is 0.183. The first-order chi connectivity index (χ1) is 7.66. The lowest BCUT2D eigenvalue weighted by Gasteiger charge is -2.20. The number of amides is 1. The van der Waals surface area contributed by atoms with Crippen molar-refractivity contribution in [2.24, 2.45) is 0 Å². The second kappa shape index (κ2) is 4.93. The molecule has 1 fully saturated rings. The second-order valence-electron chi connectivity index (χ2n) is 4.20. The van der Waals surface area contributed by atoms with Crippen molar-refractivity contribution in [3.05, 3.63) is 16.1 Å². The van der Waals surface area contributed by atoms with Gasteiger partial charge in [-0.3, -0.25) is 4.79 Å². The molecule has 0 unspecified atom stereocenters. The summed E-state index contributed by atoms with van der Waals surface area (Å²) in [6, 6.07) is 0.0183. The predicted octanol–water partition coefficient (Wildman–Crippen LogP) is 1.16. The number of hydrogen-bond acceptors (Lipinski definition) is 4. The van der Waals surface area contributed by atoms with Crippen LogP contribution in [0.25, 0.3) is 0 Å². The third-order valence-corrected chi connectivity index (χ3v) is 3.62. The first kappa shape index (κ1) is 11.5. The average Bonchev–Trinajstić information content (AvgIpc) is 2.88. The largest absolute Gasteiger partial charge is 0.338 e. The zero-order valence-electron chi connectivity index (χ0n) is 9.69. The summed E-state index contributed by atoms with van der Waals surface area (Å²) in [6.07, 6.45) is 2.05. The Morgan fingerprint density at radius 1 is 1.75 bits per heavy atom. The van der Waals surface area contributed by atoms with E-state index in [0.717, 1.165) is 30.1 Å². The van der Waals surface area contributed by atoms with Crippen LogP contribution in [0.2, 0.25) is 0 Å². The number of carbonyl (C=O) groups excluding carboxylic acids is 1. The van der Waals surface area contributed by atoms with Gasteiger partial charge in [-0.25, -0.2) is 4.98 Å². The molecule has 1 amide bonds. The molecule has 0 saturated carbocycles. The molecule has 2 rings (SSSR count). The van der Waals surface area contributed by atoms with Crippen molar-refractivity contribution in [3.8, 4) is 0 Å². The summed E-state index contributed by atoms with van der Waals surface area (Å²) < 4.78 is 0. The van der Waals surface area contributed by atoms with E-state index in [2.05, 4.69) is 10.3 Å². The van der Waals surface area contributed by atoms with Crippen LogP contribution in [0.3, 0.4) is 0 Å². The Bertz CT molecular complexity index is 371. The number of carbonyl (C=O) groups is 1. The van der Waals surface area contributed by atoms with E-state index >= 15 is 0 Å². The quantitative estimate of drug-likeness (QED) is 0.861. The Kier molecular flexibility index (Phi) is 3.56. The molecule has 1 atom stereocenters. The summed E-state index contributed by atoms with van der Waals surface area (Å²) in [6.45, 7) is 3.55. The Morgan fingerprint density at radius 2 is 2.56 bits per heavy atom.